The lowest BCUT2D eigenvalue weighted by molar-refractivity contribution is 0.0947. The Morgan fingerprint density at radius 3 is 2.70 bits per heavy atom. The van der Waals surface area contributed by atoms with E-state index in [-0.39, 0.29) is 17.4 Å². The molecule has 6 nitrogen and oxygen atoms in total. The van der Waals surface area contributed by atoms with Crippen molar-refractivity contribution >= 4 is 5.91 Å². The first-order valence-electron chi connectivity index (χ1n) is 7.91. The molecule has 3 rings (SSSR count). The van der Waals surface area contributed by atoms with Gasteiger partial charge in [-0.25, -0.2) is 9.07 Å². The Labute approximate surface area is 134 Å². The van der Waals surface area contributed by atoms with Crippen LogP contribution in [0.4, 0.5) is 4.39 Å². The molecule has 1 fully saturated rings. The van der Waals surface area contributed by atoms with Crippen LogP contribution in [-0.2, 0) is 0 Å². The van der Waals surface area contributed by atoms with Crippen LogP contribution in [0.25, 0.3) is 5.69 Å². The van der Waals surface area contributed by atoms with Crippen molar-refractivity contribution in [3.05, 3.63) is 42.0 Å². The molecule has 122 valence electrons. The minimum Gasteiger partial charge on any atom is -0.351 e. The maximum absolute atomic E-state index is 12.9. The fraction of sp³-hybridized carbons (Fsp3) is 0.438. The molecule has 1 aliphatic heterocycles. The zero-order chi connectivity index (χ0) is 16.1. The summed E-state index contributed by atoms with van der Waals surface area (Å²) in [7, 11) is 0. The fourth-order valence-electron chi connectivity index (χ4n) is 2.69. The lowest BCUT2D eigenvalue weighted by atomic mass is 10.3. The number of nitrogens with one attached hydrogen (secondary N) is 1. The molecule has 7 heteroatoms. The molecular weight excluding hydrogens is 297 g/mol. The number of carbonyl (C=O) groups excluding carboxylic acids is 1. The molecule has 1 amide bonds. The van der Waals surface area contributed by atoms with E-state index in [9.17, 15) is 9.18 Å². The number of nitrogens with zero attached hydrogens (tertiary/aromatic N) is 4. The van der Waals surface area contributed by atoms with Crippen LogP contribution in [0.3, 0.4) is 0 Å². The molecule has 0 bridgehead atoms. The monoisotopic (exact) mass is 317 g/mol. The van der Waals surface area contributed by atoms with E-state index in [0.717, 1.165) is 13.0 Å². The van der Waals surface area contributed by atoms with Crippen LogP contribution < -0.4 is 5.32 Å². The molecular formula is C16H20FN5O. The van der Waals surface area contributed by atoms with Crippen LogP contribution in [0.15, 0.2) is 30.5 Å². The minimum absolute atomic E-state index is 0.236. The Bertz CT molecular complexity index is 649. The number of benzene rings is 1. The van der Waals surface area contributed by atoms with Crippen LogP contribution >= 0.6 is 0 Å². The molecule has 0 radical (unpaired) electrons. The molecule has 0 saturated carbocycles. The summed E-state index contributed by atoms with van der Waals surface area (Å²) in [5, 5.41) is 10.6. The van der Waals surface area contributed by atoms with Gasteiger partial charge in [-0.15, -0.1) is 5.10 Å². The lowest BCUT2D eigenvalue weighted by Gasteiger charge is -2.13. The van der Waals surface area contributed by atoms with Gasteiger partial charge in [0.25, 0.3) is 5.91 Å². The van der Waals surface area contributed by atoms with Gasteiger partial charge < -0.3 is 10.2 Å². The predicted molar refractivity (Wildman–Crippen MR) is 83.9 cm³/mol. The van der Waals surface area contributed by atoms with E-state index in [4.69, 9.17) is 0 Å². The summed E-state index contributed by atoms with van der Waals surface area (Å²) < 4.78 is 14.4. The van der Waals surface area contributed by atoms with Gasteiger partial charge in [0.05, 0.1) is 11.9 Å². The summed E-state index contributed by atoms with van der Waals surface area (Å²) in [6.07, 6.45) is 5.03. The van der Waals surface area contributed by atoms with Crippen molar-refractivity contribution in [1.29, 1.82) is 0 Å². The van der Waals surface area contributed by atoms with E-state index < -0.39 is 0 Å². The van der Waals surface area contributed by atoms with E-state index in [2.05, 4.69) is 20.5 Å². The van der Waals surface area contributed by atoms with Gasteiger partial charge >= 0.3 is 0 Å². The van der Waals surface area contributed by atoms with Crippen LogP contribution in [0.2, 0.25) is 0 Å². The number of rotatable bonds is 6. The van der Waals surface area contributed by atoms with Crippen LogP contribution in [0.5, 0.6) is 0 Å². The summed E-state index contributed by atoms with van der Waals surface area (Å²) in [6, 6.07) is 5.85. The number of halogens is 1. The van der Waals surface area contributed by atoms with E-state index in [1.165, 1.54) is 42.7 Å². The SMILES string of the molecule is O=C(NCCCN1CCCC1)c1cn(-c2ccc(F)cc2)nn1. The topological polar surface area (TPSA) is 63.1 Å². The zero-order valence-corrected chi connectivity index (χ0v) is 12.9. The first-order valence-corrected chi connectivity index (χ1v) is 7.91. The average molecular weight is 317 g/mol. The number of hydrogen-bond acceptors (Lipinski definition) is 4. The molecule has 0 atom stereocenters. The van der Waals surface area contributed by atoms with E-state index >= 15 is 0 Å². The van der Waals surface area contributed by atoms with Crippen molar-refractivity contribution in [2.75, 3.05) is 26.2 Å². The smallest absolute Gasteiger partial charge is 0.273 e. The van der Waals surface area contributed by atoms with Crippen molar-refractivity contribution in [2.24, 2.45) is 0 Å². The molecule has 2 aromatic rings. The second-order valence-electron chi connectivity index (χ2n) is 5.68. The summed E-state index contributed by atoms with van der Waals surface area (Å²) in [6.45, 7) is 3.97. The Kier molecular flexibility index (Phi) is 4.97. The van der Waals surface area contributed by atoms with Gasteiger partial charge in [0.1, 0.15) is 5.82 Å². The second kappa shape index (κ2) is 7.32. The molecule has 1 aromatic carbocycles. The zero-order valence-electron chi connectivity index (χ0n) is 12.9. The fourth-order valence-corrected chi connectivity index (χ4v) is 2.69. The van der Waals surface area contributed by atoms with Gasteiger partial charge in [-0.2, -0.15) is 0 Å². The third-order valence-corrected chi connectivity index (χ3v) is 3.95. The summed E-state index contributed by atoms with van der Waals surface area (Å²) in [5.41, 5.74) is 0.919. The third kappa shape index (κ3) is 4.13. The molecule has 1 aliphatic rings. The quantitative estimate of drug-likeness (QED) is 0.823. The highest BCUT2D eigenvalue weighted by Gasteiger charge is 2.13. The van der Waals surface area contributed by atoms with E-state index in [1.807, 2.05) is 0 Å². The van der Waals surface area contributed by atoms with Crippen LogP contribution in [0.1, 0.15) is 29.8 Å². The second-order valence-corrected chi connectivity index (χ2v) is 5.68. The summed E-state index contributed by atoms with van der Waals surface area (Å²) >= 11 is 0. The molecule has 1 aromatic heterocycles. The van der Waals surface area contributed by atoms with Gasteiger partial charge in [-0.3, -0.25) is 4.79 Å². The molecule has 1 saturated heterocycles. The van der Waals surface area contributed by atoms with Gasteiger partial charge in [0, 0.05) is 6.54 Å². The molecule has 23 heavy (non-hydrogen) atoms. The van der Waals surface area contributed by atoms with Crippen LogP contribution in [-0.4, -0.2) is 52.0 Å². The third-order valence-electron chi connectivity index (χ3n) is 3.95. The Morgan fingerprint density at radius 1 is 1.22 bits per heavy atom. The Balaban J connectivity index is 1.48. The standard InChI is InChI=1S/C16H20FN5O/c17-13-4-6-14(7-5-13)22-12-15(19-20-22)16(23)18-8-3-11-21-9-1-2-10-21/h4-7,12H,1-3,8-11H2,(H,18,23). The highest BCUT2D eigenvalue weighted by atomic mass is 19.1. The Hall–Kier alpha value is -2.28. The first kappa shape index (κ1) is 15.6. The number of aromatic nitrogens is 3. The predicted octanol–water partition coefficient (Wildman–Crippen LogP) is 1.62. The summed E-state index contributed by atoms with van der Waals surface area (Å²) in [4.78, 5) is 14.5. The maximum Gasteiger partial charge on any atom is 0.273 e. The minimum atomic E-state index is -0.315. The van der Waals surface area contributed by atoms with Crippen molar-refractivity contribution in [3.63, 3.8) is 0 Å². The van der Waals surface area contributed by atoms with E-state index in [0.29, 0.717) is 12.2 Å². The largest absolute Gasteiger partial charge is 0.351 e. The van der Waals surface area contributed by atoms with Crippen LogP contribution in [0, 0.1) is 5.82 Å². The lowest BCUT2D eigenvalue weighted by Crippen LogP contribution is -2.28. The van der Waals surface area contributed by atoms with Crippen molar-refractivity contribution in [3.8, 4) is 5.69 Å². The summed E-state index contributed by atoms with van der Waals surface area (Å²) in [5.74, 6) is -0.551. The molecule has 0 spiro atoms. The van der Waals surface area contributed by atoms with Gasteiger partial charge in [-0.1, -0.05) is 5.21 Å². The molecule has 0 aliphatic carbocycles. The van der Waals surface area contributed by atoms with Crippen molar-refractivity contribution in [2.45, 2.75) is 19.3 Å². The highest BCUT2D eigenvalue weighted by Crippen LogP contribution is 2.09. The van der Waals surface area contributed by atoms with Crippen molar-refractivity contribution < 1.29 is 9.18 Å². The van der Waals surface area contributed by atoms with Gasteiger partial charge in [-0.05, 0) is 63.2 Å². The highest BCUT2D eigenvalue weighted by molar-refractivity contribution is 5.91. The Morgan fingerprint density at radius 2 is 1.96 bits per heavy atom. The molecule has 0 unspecified atom stereocenters. The molecule has 2 heterocycles. The normalized spacial score (nSPS) is 15.0. The average Bonchev–Trinajstić information content (AvgIpc) is 3.24. The maximum atomic E-state index is 12.9. The van der Waals surface area contributed by atoms with Gasteiger partial charge in [0.15, 0.2) is 5.69 Å². The number of amides is 1. The number of likely N-dealkylation sites (tertiary alicyclic amines) is 1. The number of carbonyl (C=O) groups is 1. The number of hydrogen-bond donors (Lipinski definition) is 1. The molecule has 1 N–H and O–H groups in total. The first-order chi connectivity index (χ1) is 11.2. The van der Waals surface area contributed by atoms with E-state index in [1.54, 1.807) is 18.3 Å². The van der Waals surface area contributed by atoms with Gasteiger partial charge in [0.2, 0.25) is 0 Å². The van der Waals surface area contributed by atoms with Crippen molar-refractivity contribution in [1.82, 2.24) is 25.2 Å².